The molecule has 84 valence electrons. The molecule has 1 saturated heterocycles. The summed E-state index contributed by atoms with van der Waals surface area (Å²) >= 11 is 0. The van der Waals surface area contributed by atoms with Gasteiger partial charge in [-0.3, -0.25) is 4.79 Å². The monoisotopic (exact) mass is 210 g/mol. The number of carbonyl (C=O) groups is 2. The Hall–Kier alpha value is -1.32. The van der Waals surface area contributed by atoms with Crippen molar-refractivity contribution >= 4 is 11.8 Å². The van der Waals surface area contributed by atoms with Crippen LogP contribution in [-0.4, -0.2) is 36.3 Å². The molecule has 0 aromatic carbocycles. The second-order valence-corrected chi connectivity index (χ2v) is 3.85. The van der Waals surface area contributed by atoms with E-state index < -0.39 is 0 Å². The van der Waals surface area contributed by atoms with Crippen LogP contribution in [0.4, 0.5) is 4.79 Å². The first-order valence-electron chi connectivity index (χ1n) is 5.29. The summed E-state index contributed by atoms with van der Waals surface area (Å²) in [4.78, 5) is 24.4. The number of rotatable bonds is 3. The molecule has 0 unspecified atom stereocenters. The lowest BCUT2D eigenvalue weighted by Crippen LogP contribution is -2.45. The maximum atomic E-state index is 11.5. The molecule has 0 saturated carbocycles. The molecular weight excluding hydrogens is 192 g/mol. The van der Waals surface area contributed by atoms with E-state index in [4.69, 9.17) is 0 Å². The van der Waals surface area contributed by atoms with Gasteiger partial charge in [-0.1, -0.05) is 6.08 Å². The number of piperidine rings is 1. The Kier molecular flexibility index (Phi) is 4.34. The summed E-state index contributed by atoms with van der Waals surface area (Å²) in [7, 11) is 0. The molecule has 0 spiro atoms. The Bertz CT molecular complexity index is 255. The minimum atomic E-state index is -0.0584. The molecule has 15 heavy (non-hydrogen) atoms. The largest absolute Gasteiger partial charge is 0.335 e. The zero-order chi connectivity index (χ0) is 11.3. The molecule has 1 aliphatic heterocycles. The highest BCUT2D eigenvalue weighted by Gasteiger charge is 2.24. The fourth-order valence-corrected chi connectivity index (χ4v) is 1.76. The fraction of sp³-hybridized carbons (Fsp3) is 0.636. The van der Waals surface area contributed by atoms with Gasteiger partial charge < -0.3 is 10.2 Å². The van der Waals surface area contributed by atoms with E-state index in [0.717, 1.165) is 12.8 Å². The quantitative estimate of drug-likeness (QED) is 0.711. The van der Waals surface area contributed by atoms with Crippen molar-refractivity contribution in [1.29, 1.82) is 0 Å². The number of nitrogens with zero attached hydrogens (tertiary/aromatic N) is 1. The maximum absolute atomic E-state index is 11.5. The van der Waals surface area contributed by atoms with E-state index in [2.05, 4.69) is 11.9 Å². The van der Waals surface area contributed by atoms with Crippen molar-refractivity contribution in [3.8, 4) is 0 Å². The van der Waals surface area contributed by atoms with E-state index in [-0.39, 0.29) is 17.7 Å². The van der Waals surface area contributed by atoms with Crippen molar-refractivity contribution in [2.75, 3.05) is 19.6 Å². The topological polar surface area (TPSA) is 49.4 Å². The van der Waals surface area contributed by atoms with Gasteiger partial charge in [0.15, 0.2) is 0 Å². The Balaban J connectivity index is 2.33. The van der Waals surface area contributed by atoms with Crippen LogP contribution in [-0.2, 0) is 4.79 Å². The molecule has 0 radical (unpaired) electrons. The van der Waals surface area contributed by atoms with Crippen LogP contribution in [0.15, 0.2) is 12.7 Å². The lowest BCUT2D eigenvalue weighted by Gasteiger charge is -2.30. The van der Waals surface area contributed by atoms with Crippen molar-refractivity contribution in [3.63, 3.8) is 0 Å². The van der Waals surface area contributed by atoms with Gasteiger partial charge in [0.2, 0.25) is 0 Å². The molecule has 4 heteroatoms. The third-order valence-corrected chi connectivity index (χ3v) is 2.75. The van der Waals surface area contributed by atoms with Crippen LogP contribution in [0, 0.1) is 5.92 Å². The smallest absolute Gasteiger partial charge is 0.317 e. The molecule has 4 nitrogen and oxygen atoms in total. The minimum Gasteiger partial charge on any atom is -0.335 e. The second-order valence-electron chi connectivity index (χ2n) is 3.85. The van der Waals surface area contributed by atoms with Crippen LogP contribution in [0.1, 0.15) is 19.8 Å². The molecular formula is C11H18N2O2. The maximum Gasteiger partial charge on any atom is 0.317 e. The molecule has 1 fully saturated rings. The van der Waals surface area contributed by atoms with Gasteiger partial charge in [0.05, 0.1) is 0 Å². The van der Waals surface area contributed by atoms with Gasteiger partial charge in [0.25, 0.3) is 0 Å². The number of nitrogens with one attached hydrogen (secondary N) is 1. The van der Waals surface area contributed by atoms with Crippen LogP contribution >= 0.6 is 0 Å². The lowest BCUT2D eigenvalue weighted by atomic mass is 9.93. The number of carbonyl (C=O) groups excluding carboxylic acids is 2. The predicted molar refractivity (Wildman–Crippen MR) is 58.6 cm³/mol. The van der Waals surface area contributed by atoms with Crippen molar-refractivity contribution in [2.45, 2.75) is 19.8 Å². The van der Waals surface area contributed by atoms with E-state index in [9.17, 15) is 9.59 Å². The van der Waals surface area contributed by atoms with E-state index in [1.54, 1.807) is 17.9 Å². The van der Waals surface area contributed by atoms with Gasteiger partial charge >= 0.3 is 6.03 Å². The number of Topliss-reactive ketones (excluding diaryl/α,β-unsaturated/α-hetero) is 1. The van der Waals surface area contributed by atoms with Crippen molar-refractivity contribution in [2.24, 2.45) is 5.92 Å². The zero-order valence-electron chi connectivity index (χ0n) is 9.16. The fourth-order valence-electron chi connectivity index (χ4n) is 1.76. The molecule has 0 aromatic heterocycles. The SMILES string of the molecule is C=CCNC(=O)N1CCC(C(C)=O)CC1. The molecule has 1 N–H and O–H groups in total. The molecule has 1 aliphatic rings. The summed E-state index contributed by atoms with van der Waals surface area (Å²) in [6.45, 7) is 7.00. The Morgan fingerprint density at radius 3 is 2.53 bits per heavy atom. The standard InChI is InChI=1S/C11H18N2O2/c1-3-6-12-11(15)13-7-4-10(5-8-13)9(2)14/h3,10H,1,4-8H2,2H3,(H,12,15). The van der Waals surface area contributed by atoms with E-state index in [1.807, 2.05) is 0 Å². The molecule has 0 atom stereocenters. The number of hydrogen-bond donors (Lipinski definition) is 1. The van der Waals surface area contributed by atoms with E-state index in [0.29, 0.717) is 19.6 Å². The minimum absolute atomic E-state index is 0.0584. The van der Waals surface area contributed by atoms with Crippen molar-refractivity contribution in [1.82, 2.24) is 10.2 Å². The normalized spacial score (nSPS) is 17.3. The number of likely N-dealkylation sites (tertiary alicyclic amines) is 1. The van der Waals surface area contributed by atoms with Crippen LogP contribution in [0.3, 0.4) is 0 Å². The molecule has 0 aromatic rings. The molecule has 0 bridgehead atoms. The predicted octanol–water partition coefficient (Wildman–Crippen LogP) is 1.18. The lowest BCUT2D eigenvalue weighted by molar-refractivity contribution is -0.121. The number of urea groups is 1. The number of ketones is 1. The summed E-state index contributed by atoms with van der Waals surface area (Å²) in [6, 6.07) is -0.0584. The van der Waals surface area contributed by atoms with Crippen molar-refractivity contribution < 1.29 is 9.59 Å². The van der Waals surface area contributed by atoms with Gasteiger partial charge in [-0.25, -0.2) is 4.79 Å². The summed E-state index contributed by atoms with van der Waals surface area (Å²) in [6.07, 6.45) is 3.23. The first-order chi connectivity index (χ1) is 7.15. The average molecular weight is 210 g/mol. The molecule has 0 aliphatic carbocycles. The van der Waals surface area contributed by atoms with E-state index >= 15 is 0 Å². The highest BCUT2D eigenvalue weighted by molar-refractivity contribution is 5.79. The Morgan fingerprint density at radius 2 is 2.07 bits per heavy atom. The molecule has 1 heterocycles. The van der Waals surface area contributed by atoms with Crippen molar-refractivity contribution in [3.05, 3.63) is 12.7 Å². The number of amides is 2. The highest BCUT2D eigenvalue weighted by Crippen LogP contribution is 2.17. The van der Waals surface area contributed by atoms with Gasteiger partial charge in [-0.2, -0.15) is 0 Å². The summed E-state index contributed by atoms with van der Waals surface area (Å²) in [5.74, 6) is 0.384. The molecule has 1 rings (SSSR count). The van der Waals surface area contributed by atoms with Gasteiger partial charge in [-0.15, -0.1) is 6.58 Å². The van der Waals surface area contributed by atoms with Crippen LogP contribution in [0.2, 0.25) is 0 Å². The Morgan fingerprint density at radius 1 is 1.47 bits per heavy atom. The summed E-state index contributed by atoms with van der Waals surface area (Å²) in [5.41, 5.74) is 0. The van der Waals surface area contributed by atoms with E-state index in [1.165, 1.54) is 0 Å². The van der Waals surface area contributed by atoms with Gasteiger partial charge in [0.1, 0.15) is 5.78 Å². The third-order valence-electron chi connectivity index (χ3n) is 2.75. The Labute approximate surface area is 90.3 Å². The third kappa shape index (κ3) is 3.38. The van der Waals surface area contributed by atoms with Gasteiger partial charge in [-0.05, 0) is 19.8 Å². The molecule has 2 amide bonds. The average Bonchev–Trinajstić information content (AvgIpc) is 2.26. The summed E-state index contributed by atoms with van der Waals surface area (Å²) in [5, 5.41) is 2.73. The number of hydrogen-bond acceptors (Lipinski definition) is 2. The summed E-state index contributed by atoms with van der Waals surface area (Å²) < 4.78 is 0. The first-order valence-corrected chi connectivity index (χ1v) is 5.29. The first kappa shape index (κ1) is 11.8. The van der Waals surface area contributed by atoms with Gasteiger partial charge in [0, 0.05) is 25.6 Å². The van der Waals surface area contributed by atoms with Crippen LogP contribution < -0.4 is 5.32 Å². The van der Waals surface area contributed by atoms with Crippen LogP contribution in [0.5, 0.6) is 0 Å². The highest BCUT2D eigenvalue weighted by atomic mass is 16.2. The second kappa shape index (κ2) is 5.53. The zero-order valence-corrected chi connectivity index (χ0v) is 9.16. The van der Waals surface area contributed by atoms with Crippen LogP contribution in [0.25, 0.3) is 0 Å².